The van der Waals surface area contributed by atoms with E-state index in [4.69, 9.17) is 5.73 Å². The Hall–Kier alpha value is -1.95. The van der Waals surface area contributed by atoms with Crippen molar-refractivity contribution < 1.29 is 0 Å². The smallest absolute Gasteiger partial charge is 0.190 e. The highest BCUT2D eigenvalue weighted by molar-refractivity contribution is 7.21. The molecule has 0 saturated heterocycles. The van der Waals surface area contributed by atoms with E-state index in [1.54, 1.807) is 6.20 Å². The molecule has 2 aromatic heterocycles. The second-order valence-electron chi connectivity index (χ2n) is 3.25. The van der Waals surface area contributed by atoms with E-state index in [0.717, 1.165) is 21.9 Å². The molecule has 2 aromatic rings. The minimum atomic E-state index is 0.703. The summed E-state index contributed by atoms with van der Waals surface area (Å²) in [6.07, 6.45) is 5.84. The molecule has 0 aliphatic rings. The van der Waals surface area contributed by atoms with E-state index in [0.29, 0.717) is 5.82 Å². The van der Waals surface area contributed by atoms with E-state index < -0.39 is 0 Å². The van der Waals surface area contributed by atoms with Gasteiger partial charge in [-0.2, -0.15) is 0 Å². The third-order valence-corrected chi connectivity index (χ3v) is 2.91. The number of hydrogen-bond donors (Lipinski definition) is 2. The lowest BCUT2D eigenvalue weighted by Crippen LogP contribution is -1.99. The normalized spacial score (nSPS) is 12.4. The molecule has 0 bridgehead atoms. The van der Waals surface area contributed by atoms with E-state index in [1.165, 1.54) is 17.7 Å². The van der Waals surface area contributed by atoms with Gasteiger partial charge >= 0.3 is 0 Å². The first-order chi connectivity index (χ1) is 8.33. The van der Waals surface area contributed by atoms with Gasteiger partial charge in [-0.1, -0.05) is 18.3 Å². The molecular weight excluding hydrogens is 234 g/mol. The van der Waals surface area contributed by atoms with Crippen LogP contribution in [0.3, 0.4) is 0 Å². The van der Waals surface area contributed by atoms with Gasteiger partial charge in [0.25, 0.3) is 0 Å². The molecular formula is C11H13N5S. The number of fused-ring (bicyclic) bond motifs is 1. The van der Waals surface area contributed by atoms with Gasteiger partial charge in [-0.3, -0.25) is 0 Å². The second-order valence-corrected chi connectivity index (χ2v) is 4.23. The summed E-state index contributed by atoms with van der Waals surface area (Å²) < 4.78 is 0. The first-order valence-corrected chi connectivity index (χ1v) is 6.08. The largest absolute Gasteiger partial charge is 0.390 e. The maximum Gasteiger partial charge on any atom is 0.190 e. The molecule has 17 heavy (non-hydrogen) atoms. The summed E-state index contributed by atoms with van der Waals surface area (Å²) in [5.41, 5.74) is 6.17. The first-order valence-electron chi connectivity index (χ1n) is 5.26. The van der Waals surface area contributed by atoms with Crippen LogP contribution in [0.25, 0.3) is 10.3 Å². The van der Waals surface area contributed by atoms with Crippen LogP contribution in [0.5, 0.6) is 0 Å². The monoisotopic (exact) mass is 247 g/mol. The molecule has 0 aliphatic carbocycles. The third kappa shape index (κ3) is 2.79. The van der Waals surface area contributed by atoms with Gasteiger partial charge in [0.2, 0.25) is 0 Å². The van der Waals surface area contributed by atoms with Gasteiger partial charge in [-0.05, 0) is 24.6 Å². The zero-order chi connectivity index (χ0) is 12.1. The van der Waals surface area contributed by atoms with Crippen LogP contribution in [-0.4, -0.2) is 16.3 Å². The fraction of sp³-hybridized carbons (Fsp3) is 0.182. The van der Waals surface area contributed by atoms with Crippen LogP contribution in [0.2, 0.25) is 0 Å². The lowest BCUT2D eigenvalue weighted by molar-refractivity contribution is 1.16. The van der Waals surface area contributed by atoms with Crippen molar-refractivity contribution in [2.45, 2.75) is 13.3 Å². The molecule has 0 atom stereocenters. The van der Waals surface area contributed by atoms with Gasteiger partial charge in [0.05, 0.1) is 6.34 Å². The standard InChI is InChI=1S/C11H13N5S/c1-2-4-9(14-7-12)16-11-15-8-5-3-6-13-10(8)17-11/h3-7H,2H2,1H3,(H2,12,14)(H,15,16)/b9-4+. The molecule has 0 amide bonds. The lowest BCUT2D eigenvalue weighted by atomic mass is 10.4. The number of allylic oxidation sites excluding steroid dienone is 1. The van der Waals surface area contributed by atoms with E-state index in [-0.39, 0.29) is 0 Å². The Bertz CT molecular complexity index is 525. The Balaban J connectivity index is 2.25. The van der Waals surface area contributed by atoms with Crippen molar-refractivity contribution in [3.8, 4) is 0 Å². The third-order valence-electron chi connectivity index (χ3n) is 2.01. The Morgan fingerprint density at radius 3 is 3.24 bits per heavy atom. The van der Waals surface area contributed by atoms with Gasteiger partial charge in [0, 0.05) is 6.20 Å². The quantitative estimate of drug-likeness (QED) is 0.642. The number of pyridine rings is 1. The van der Waals surface area contributed by atoms with Gasteiger partial charge in [-0.25, -0.2) is 15.0 Å². The summed E-state index contributed by atoms with van der Waals surface area (Å²) in [4.78, 5) is 13.6. The van der Waals surface area contributed by atoms with E-state index in [1.807, 2.05) is 25.1 Å². The molecule has 5 nitrogen and oxygen atoms in total. The molecule has 0 aromatic carbocycles. The molecule has 2 heterocycles. The number of aromatic nitrogens is 2. The summed E-state index contributed by atoms with van der Waals surface area (Å²) >= 11 is 1.49. The van der Waals surface area contributed by atoms with Crippen LogP contribution < -0.4 is 11.1 Å². The van der Waals surface area contributed by atoms with Crippen LogP contribution in [-0.2, 0) is 0 Å². The van der Waals surface area contributed by atoms with Gasteiger partial charge in [0.1, 0.15) is 16.2 Å². The summed E-state index contributed by atoms with van der Waals surface area (Å²) in [6, 6.07) is 3.80. The minimum Gasteiger partial charge on any atom is -0.390 e. The van der Waals surface area contributed by atoms with E-state index in [2.05, 4.69) is 20.3 Å². The van der Waals surface area contributed by atoms with E-state index in [9.17, 15) is 0 Å². The van der Waals surface area contributed by atoms with Crippen LogP contribution in [0.4, 0.5) is 5.13 Å². The average molecular weight is 247 g/mol. The minimum absolute atomic E-state index is 0.703. The highest BCUT2D eigenvalue weighted by atomic mass is 32.1. The molecule has 88 valence electrons. The molecule has 6 heteroatoms. The topological polar surface area (TPSA) is 76.2 Å². The first kappa shape index (κ1) is 11.5. The van der Waals surface area contributed by atoms with Crippen LogP contribution in [0.15, 0.2) is 35.2 Å². The van der Waals surface area contributed by atoms with Crippen molar-refractivity contribution in [3.63, 3.8) is 0 Å². The number of anilines is 1. The van der Waals surface area contributed by atoms with Crippen molar-refractivity contribution >= 4 is 33.2 Å². The van der Waals surface area contributed by atoms with Gasteiger partial charge in [0.15, 0.2) is 5.13 Å². The Labute approximate surface area is 103 Å². The highest BCUT2D eigenvalue weighted by Crippen LogP contribution is 2.24. The van der Waals surface area contributed by atoms with Crippen LogP contribution >= 0.6 is 11.3 Å². The molecule has 0 spiro atoms. The van der Waals surface area contributed by atoms with Crippen molar-refractivity contribution in [2.75, 3.05) is 5.32 Å². The van der Waals surface area contributed by atoms with Gasteiger partial charge in [-0.15, -0.1) is 0 Å². The molecule has 3 N–H and O–H groups in total. The predicted molar refractivity (Wildman–Crippen MR) is 72.1 cm³/mol. The SMILES string of the molecule is CC/C=C(\N=C/N)Nc1nc2cccnc2s1. The fourth-order valence-electron chi connectivity index (χ4n) is 1.34. The van der Waals surface area contributed by atoms with E-state index >= 15 is 0 Å². The summed E-state index contributed by atoms with van der Waals surface area (Å²) in [5, 5.41) is 3.89. The van der Waals surface area contributed by atoms with Gasteiger partial charge < -0.3 is 11.1 Å². The average Bonchev–Trinajstić information content (AvgIpc) is 2.71. The Morgan fingerprint density at radius 2 is 2.53 bits per heavy atom. The van der Waals surface area contributed by atoms with Crippen molar-refractivity contribution in [1.82, 2.24) is 9.97 Å². The molecule has 0 aliphatic heterocycles. The summed E-state index contributed by atoms with van der Waals surface area (Å²) in [7, 11) is 0. The number of rotatable bonds is 4. The molecule has 2 rings (SSSR count). The number of hydrogen-bond acceptors (Lipinski definition) is 5. The summed E-state index contributed by atoms with van der Waals surface area (Å²) in [5.74, 6) is 0.703. The number of nitrogens with two attached hydrogens (primary N) is 1. The molecule has 0 fully saturated rings. The maximum absolute atomic E-state index is 5.29. The maximum atomic E-state index is 5.29. The fourth-order valence-corrected chi connectivity index (χ4v) is 2.16. The predicted octanol–water partition coefficient (Wildman–Crippen LogP) is 2.34. The number of aliphatic imine (C=N–C) groups is 1. The molecule has 0 saturated carbocycles. The molecule has 0 radical (unpaired) electrons. The van der Waals surface area contributed by atoms with Crippen molar-refractivity contribution in [1.29, 1.82) is 0 Å². The van der Waals surface area contributed by atoms with Crippen LogP contribution in [0.1, 0.15) is 13.3 Å². The van der Waals surface area contributed by atoms with Crippen LogP contribution in [0, 0.1) is 0 Å². The molecule has 0 unspecified atom stereocenters. The summed E-state index contributed by atoms with van der Waals surface area (Å²) in [6.45, 7) is 2.04. The zero-order valence-electron chi connectivity index (χ0n) is 9.42. The Kier molecular flexibility index (Phi) is 3.66. The lowest BCUT2D eigenvalue weighted by Gasteiger charge is -2.00. The van der Waals surface area contributed by atoms with Crippen molar-refractivity contribution in [3.05, 3.63) is 30.2 Å². The highest BCUT2D eigenvalue weighted by Gasteiger charge is 2.04. The zero-order valence-corrected chi connectivity index (χ0v) is 10.2. The number of thiazole rings is 1. The van der Waals surface area contributed by atoms with Crippen molar-refractivity contribution in [2.24, 2.45) is 10.7 Å². The number of nitrogens with one attached hydrogen (secondary N) is 1. The Morgan fingerprint density at radius 1 is 1.65 bits per heavy atom. The number of nitrogens with zero attached hydrogens (tertiary/aromatic N) is 3. The second kappa shape index (κ2) is 5.40.